The molecule has 1 unspecified atom stereocenters. The summed E-state index contributed by atoms with van der Waals surface area (Å²) in [5.41, 5.74) is 5.24. The molecular weight excluding hydrogens is 297 g/mol. The van der Waals surface area contributed by atoms with E-state index in [0.717, 1.165) is 16.8 Å². The predicted octanol–water partition coefficient (Wildman–Crippen LogP) is 2.84. The zero-order valence-electron chi connectivity index (χ0n) is 9.82. The van der Waals surface area contributed by atoms with Crippen molar-refractivity contribution in [1.29, 1.82) is 0 Å². The molecule has 0 aliphatic heterocycles. The highest BCUT2D eigenvalue weighted by molar-refractivity contribution is 9.10. The van der Waals surface area contributed by atoms with Crippen LogP contribution in [-0.4, -0.2) is 4.98 Å². The van der Waals surface area contributed by atoms with Crippen LogP contribution in [-0.2, 0) is 0 Å². The van der Waals surface area contributed by atoms with E-state index in [1.54, 1.807) is 6.20 Å². The number of pyridine rings is 1. The van der Waals surface area contributed by atoms with Gasteiger partial charge in [0, 0.05) is 16.4 Å². The lowest BCUT2D eigenvalue weighted by molar-refractivity contribution is 0.603. The van der Waals surface area contributed by atoms with Gasteiger partial charge in [-0.1, -0.05) is 22.0 Å². The molecule has 0 aliphatic carbocycles. The van der Waals surface area contributed by atoms with E-state index < -0.39 is 0 Å². The second kappa shape index (κ2) is 5.56. The minimum absolute atomic E-state index is 0.287. The number of aryl methyl sites for hydroxylation is 1. The average molecular weight is 310 g/mol. The Morgan fingerprint density at radius 1 is 1.28 bits per heavy atom. The maximum atomic E-state index is 13.4. The third-order valence-electron chi connectivity index (χ3n) is 2.65. The molecule has 94 valence electrons. The van der Waals surface area contributed by atoms with Crippen LogP contribution in [0.4, 0.5) is 4.39 Å². The summed E-state index contributed by atoms with van der Waals surface area (Å²) in [7, 11) is 0. The van der Waals surface area contributed by atoms with Crippen LogP contribution in [0.2, 0.25) is 0 Å². The van der Waals surface area contributed by atoms with Crippen molar-refractivity contribution in [2.75, 3.05) is 0 Å². The van der Waals surface area contributed by atoms with Crippen molar-refractivity contribution in [2.24, 2.45) is 5.84 Å². The van der Waals surface area contributed by atoms with Crippen LogP contribution < -0.4 is 11.3 Å². The van der Waals surface area contributed by atoms with E-state index in [9.17, 15) is 4.39 Å². The van der Waals surface area contributed by atoms with Gasteiger partial charge < -0.3 is 0 Å². The zero-order valence-corrected chi connectivity index (χ0v) is 11.4. The summed E-state index contributed by atoms with van der Waals surface area (Å²) in [6.45, 7) is 1.91. The van der Waals surface area contributed by atoms with Gasteiger partial charge in [-0.3, -0.25) is 10.8 Å². The lowest BCUT2D eigenvalue weighted by Gasteiger charge is -2.17. The summed E-state index contributed by atoms with van der Waals surface area (Å²) in [5.74, 6) is 5.25. The van der Waals surface area contributed by atoms with Gasteiger partial charge in [0.15, 0.2) is 0 Å². The van der Waals surface area contributed by atoms with Gasteiger partial charge in [0.05, 0.1) is 6.04 Å². The summed E-state index contributed by atoms with van der Waals surface area (Å²) in [4.78, 5) is 4.22. The number of hydrogen-bond acceptors (Lipinski definition) is 3. The standard InChI is InChI=1S/C13H13BrFN3/c1-8-2-3-9(7-17-8)13(18-16)10-4-11(14)6-12(15)5-10/h2-7,13,18H,16H2,1H3. The summed E-state index contributed by atoms with van der Waals surface area (Å²) >= 11 is 3.27. The number of nitrogens with one attached hydrogen (secondary N) is 1. The van der Waals surface area contributed by atoms with E-state index in [-0.39, 0.29) is 11.9 Å². The van der Waals surface area contributed by atoms with Gasteiger partial charge in [-0.15, -0.1) is 0 Å². The number of nitrogens with two attached hydrogens (primary N) is 1. The molecule has 2 rings (SSSR count). The molecule has 0 saturated heterocycles. The third-order valence-corrected chi connectivity index (χ3v) is 3.11. The van der Waals surface area contributed by atoms with E-state index in [1.807, 2.05) is 25.1 Å². The second-order valence-corrected chi connectivity index (χ2v) is 4.95. The third kappa shape index (κ3) is 2.93. The molecule has 1 aromatic carbocycles. The van der Waals surface area contributed by atoms with Crippen molar-refractivity contribution in [3.63, 3.8) is 0 Å². The Hall–Kier alpha value is -1.30. The largest absolute Gasteiger partial charge is 0.271 e. The van der Waals surface area contributed by atoms with Gasteiger partial charge in [0.1, 0.15) is 5.82 Å². The van der Waals surface area contributed by atoms with Crippen molar-refractivity contribution in [3.05, 3.63) is 63.6 Å². The fourth-order valence-electron chi connectivity index (χ4n) is 1.78. The molecule has 3 N–H and O–H groups in total. The Kier molecular flexibility index (Phi) is 4.06. The first kappa shape index (κ1) is 13.1. The average Bonchev–Trinajstić information content (AvgIpc) is 2.31. The number of hydrazine groups is 1. The molecule has 1 aromatic heterocycles. The lowest BCUT2D eigenvalue weighted by Crippen LogP contribution is -2.29. The summed E-state index contributed by atoms with van der Waals surface area (Å²) < 4.78 is 14.1. The number of nitrogens with zero attached hydrogens (tertiary/aromatic N) is 1. The number of aromatic nitrogens is 1. The Morgan fingerprint density at radius 3 is 2.61 bits per heavy atom. The van der Waals surface area contributed by atoms with Crippen molar-refractivity contribution in [3.8, 4) is 0 Å². The lowest BCUT2D eigenvalue weighted by atomic mass is 10.0. The number of rotatable bonds is 3. The monoisotopic (exact) mass is 309 g/mol. The predicted molar refractivity (Wildman–Crippen MR) is 72.2 cm³/mol. The van der Waals surface area contributed by atoms with Gasteiger partial charge in [-0.2, -0.15) is 0 Å². The summed E-state index contributed by atoms with van der Waals surface area (Å²) in [5, 5.41) is 0. The maximum absolute atomic E-state index is 13.4. The molecule has 1 heterocycles. The Labute approximate surface area is 113 Å². The highest BCUT2D eigenvalue weighted by atomic mass is 79.9. The van der Waals surface area contributed by atoms with E-state index in [1.165, 1.54) is 12.1 Å². The molecule has 0 saturated carbocycles. The van der Waals surface area contributed by atoms with Crippen LogP contribution >= 0.6 is 15.9 Å². The van der Waals surface area contributed by atoms with E-state index in [2.05, 4.69) is 26.3 Å². The Bertz CT molecular complexity index is 522. The summed E-state index contributed by atoms with van der Waals surface area (Å²) in [6, 6.07) is 8.22. The van der Waals surface area contributed by atoms with Crippen LogP contribution in [0.3, 0.4) is 0 Å². The van der Waals surface area contributed by atoms with E-state index in [0.29, 0.717) is 4.47 Å². The Balaban J connectivity index is 2.41. The minimum atomic E-state index is -0.306. The molecule has 0 bridgehead atoms. The molecule has 0 fully saturated rings. The molecule has 3 nitrogen and oxygen atoms in total. The van der Waals surface area contributed by atoms with Gasteiger partial charge in [-0.25, -0.2) is 9.82 Å². The van der Waals surface area contributed by atoms with Gasteiger partial charge in [0.25, 0.3) is 0 Å². The van der Waals surface area contributed by atoms with Gasteiger partial charge in [0.2, 0.25) is 0 Å². The molecular formula is C13H13BrFN3. The van der Waals surface area contributed by atoms with Crippen LogP contribution in [0.25, 0.3) is 0 Å². The van der Waals surface area contributed by atoms with Gasteiger partial charge in [-0.05, 0) is 42.3 Å². The van der Waals surface area contributed by atoms with Crippen LogP contribution in [0.5, 0.6) is 0 Å². The number of benzene rings is 1. The SMILES string of the molecule is Cc1ccc(C(NN)c2cc(F)cc(Br)c2)cn1. The highest BCUT2D eigenvalue weighted by Crippen LogP contribution is 2.24. The first-order valence-corrected chi connectivity index (χ1v) is 6.24. The van der Waals surface area contributed by atoms with E-state index >= 15 is 0 Å². The van der Waals surface area contributed by atoms with Crippen LogP contribution in [0, 0.1) is 12.7 Å². The maximum Gasteiger partial charge on any atom is 0.124 e. The van der Waals surface area contributed by atoms with Crippen molar-refractivity contribution in [2.45, 2.75) is 13.0 Å². The van der Waals surface area contributed by atoms with Gasteiger partial charge >= 0.3 is 0 Å². The van der Waals surface area contributed by atoms with E-state index in [4.69, 9.17) is 5.84 Å². The fraction of sp³-hybridized carbons (Fsp3) is 0.154. The molecule has 2 aromatic rings. The van der Waals surface area contributed by atoms with Crippen molar-refractivity contribution >= 4 is 15.9 Å². The van der Waals surface area contributed by atoms with Crippen LogP contribution in [0.1, 0.15) is 22.9 Å². The molecule has 0 aliphatic rings. The summed E-state index contributed by atoms with van der Waals surface area (Å²) in [6.07, 6.45) is 1.73. The molecule has 1 atom stereocenters. The quantitative estimate of drug-likeness (QED) is 0.677. The first-order chi connectivity index (χ1) is 8.60. The molecule has 0 radical (unpaired) electrons. The minimum Gasteiger partial charge on any atom is -0.271 e. The fourth-order valence-corrected chi connectivity index (χ4v) is 2.26. The van der Waals surface area contributed by atoms with Crippen LogP contribution in [0.15, 0.2) is 41.0 Å². The molecule has 18 heavy (non-hydrogen) atoms. The highest BCUT2D eigenvalue weighted by Gasteiger charge is 2.14. The molecule has 5 heteroatoms. The smallest absolute Gasteiger partial charge is 0.124 e. The molecule has 0 amide bonds. The van der Waals surface area contributed by atoms with Crippen molar-refractivity contribution in [1.82, 2.24) is 10.4 Å². The number of halogens is 2. The Morgan fingerprint density at radius 2 is 2.06 bits per heavy atom. The first-order valence-electron chi connectivity index (χ1n) is 5.45. The zero-order chi connectivity index (χ0) is 13.1. The van der Waals surface area contributed by atoms with Crippen molar-refractivity contribution < 1.29 is 4.39 Å². The topological polar surface area (TPSA) is 50.9 Å². The normalized spacial score (nSPS) is 12.4. The number of hydrogen-bond donors (Lipinski definition) is 2. The second-order valence-electron chi connectivity index (χ2n) is 4.04. The molecule has 0 spiro atoms.